The molecule has 1 aromatic rings. The summed E-state index contributed by atoms with van der Waals surface area (Å²) in [5.41, 5.74) is 3.10. The minimum Gasteiger partial charge on any atom is -0.365 e. The van der Waals surface area contributed by atoms with Gasteiger partial charge in [-0.2, -0.15) is 0 Å². The molecule has 1 amide bonds. The summed E-state index contributed by atoms with van der Waals surface area (Å²) < 4.78 is 0. The summed E-state index contributed by atoms with van der Waals surface area (Å²) in [7, 11) is 0. The van der Waals surface area contributed by atoms with Crippen molar-refractivity contribution in [2.75, 3.05) is 0 Å². The number of allylic oxidation sites excluding steroid dienone is 1. The molecule has 0 radical (unpaired) electrons. The first-order valence-corrected chi connectivity index (χ1v) is 5.15. The molecule has 2 rings (SSSR count). The maximum absolute atomic E-state index is 10.9. The third-order valence-electron chi connectivity index (χ3n) is 2.79. The molecule has 1 saturated heterocycles. The summed E-state index contributed by atoms with van der Waals surface area (Å²) in [5.74, 6) is 0. The molecule has 1 atom stereocenters. The number of amides is 1. The van der Waals surface area contributed by atoms with Crippen LogP contribution < -0.4 is 5.43 Å². The number of nitrogens with zero attached hydrogens (tertiary/aromatic N) is 1. The number of nitrogens with one attached hydrogen (secondary N) is 1. The second-order valence-electron chi connectivity index (χ2n) is 3.76. The van der Waals surface area contributed by atoms with Gasteiger partial charge >= 0.3 is 0 Å². The second kappa shape index (κ2) is 3.98. The van der Waals surface area contributed by atoms with Crippen LogP contribution in [0.3, 0.4) is 0 Å². The average molecular weight is 218 g/mol. The molecule has 1 aliphatic heterocycles. The van der Waals surface area contributed by atoms with Crippen molar-refractivity contribution in [3.05, 3.63) is 47.7 Å². The number of hydrazine groups is 1. The van der Waals surface area contributed by atoms with Gasteiger partial charge in [0.1, 0.15) is 0 Å². The van der Waals surface area contributed by atoms with Gasteiger partial charge in [0.15, 0.2) is 5.72 Å². The van der Waals surface area contributed by atoms with Crippen LogP contribution in [0.25, 0.3) is 0 Å². The Morgan fingerprint density at radius 2 is 2.12 bits per heavy atom. The minimum absolute atomic E-state index is 0.381. The third kappa shape index (κ3) is 1.57. The minimum atomic E-state index is -1.29. The summed E-state index contributed by atoms with van der Waals surface area (Å²) in [6.07, 6.45) is 2.83. The molecular formula is C12H14N2O2. The standard InChI is InChI=1S/C12H14N2O2/c1-2-11-8-12(16,14(9-15)13-11)10-6-4-3-5-7-10/h2-7,9,13,16H,8H2,1H3. The first-order valence-electron chi connectivity index (χ1n) is 5.15. The van der Waals surface area contributed by atoms with E-state index in [9.17, 15) is 9.90 Å². The van der Waals surface area contributed by atoms with Crippen LogP contribution >= 0.6 is 0 Å². The molecule has 0 aromatic heterocycles. The van der Waals surface area contributed by atoms with E-state index in [4.69, 9.17) is 0 Å². The zero-order valence-corrected chi connectivity index (χ0v) is 9.05. The monoisotopic (exact) mass is 218 g/mol. The molecule has 1 unspecified atom stereocenters. The molecule has 16 heavy (non-hydrogen) atoms. The molecule has 0 spiro atoms. The van der Waals surface area contributed by atoms with Crippen molar-refractivity contribution in [3.63, 3.8) is 0 Å². The van der Waals surface area contributed by atoms with Gasteiger partial charge in [0, 0.05) is 17.7 Å². The molecule has 0 aliphatic carbocycles. The lowest BCUT2D eigenvalue weighted by Crippen LogP contribution is -2.44. The lowest BCUT2D eigenvalue weighted by atomic mass is 9.99. The molecule has 1 fully saturated rings. The highest BCUT2D eigenvalue weighted by Gasteiger charge is 2.42. The third-order valence-corrected chi connectivity index (χ3v) is 2.79. The number of benzene rings is 1. The molecule has 4 heteroatoms. The van der Waals surface area contributed by atoms with Crippen LogP contribution in [0.15, 0.2) is 42.1 Å². The Kier molecular flexibility index (Phi) is 2.66. The van der Waals surface area contributed by atoms with Gasteiger partial charge in [-0.3, -0.25) is 10.2 Å². The summed E-state index contributed by atoms with van der Waals surface area (Å²) in [6, 6.07) is 9.15. The van der Waals surface area contributed by atoms with Crippen molar-refractivity contribution >= 4 is 6.41 Å². The van der Waals surface area contributed by atoms with Crippen molar-refractivity contribution in [2.45, 2.75) is 19.1 Å². The second-order valence-corrected chi connectivity index (χ2v) is 3.76. The highest BCUT2D eigenvalue weighted by molar-refractivity contribution is 5.51. The van der Waals surface area contributed by atoms with Crippen molar-refractivity contribution in [2.24, 2.45) is 0 Å². The fraction of sp³-hybridized carbons (Fsp3) is 0.250. The molecule has 84 valence electrons. The lowest BCUT2D eigenvalue weighted by molar-refractivity contribution is -0.147. The Bertz CT molecular complexity index is 416. The summed E-state index contributed by atoms with van der Waals surface area (Å²) in [6.45, 7) is 1.86. The van der Waals surface area contributed by atoms with E-state index in [0.29, 0.717) is 18.4 Å². The van der Waals surface area contributed by atoms with Crippen molar-refractivity contribution in [1.29, 1.82) is 0 Å². The highest BCUT2D eigenvalue weighted by atomic mass is 16.3. The predicted octanol–water partition coefficient (Wildman–Crippen LogP) is 1.10. The van der Waals surface area contributed by atoms with E-state index in [2.05, 4.69) is 5.43 Å². The molecule has 1 aromatic carbocycles. The van der Waals surface area contributed by atoms with E-state index in [1.807, 2.05) is 31.2 Å². The van der Waals surface area contributed by atoms with Gasteiger partial charge in [0.2, 0.25) is 6.41 Å². The summed E-state index contributed by atoms with van der Waals surface area (Å²) >= 11 is 0. The van der Waals surface area contributed by atoms with Crippen LogP contribution in [-0.4, -0.2) is 16.5 Å². The maximum atomic E-state index is 10.9. The molecule has 2 N–H and O–H groups in total. The Morgan fingerprint density at radius 1 is 1.44 bits per heavy atom. The van der Waals surface area contributed by atoms with Crippen molar-refractivity contribution < 1.29 is 9.90 Å². The number of aliphatic hydroxyl groups is 1. The van der Waals surface area contributed by atoms with E-state index in [0.717, 1.165) is 5.70 Å². The predicted molar refractivity (Wildman–Crippen MR) is 59.8 cm³/mol. The molecule has 1 heterocycles. The summed E-state index contributed by atoms with van der Waals surface area (Å²) in [5, 5.41) is 11.7. The zero-order chi connectivity index (χ0) is 11.6. The SMILES string of the molecule is CC=C1CC(O)(c2ccccc2)N(C=O)N1. The van der Waals surface area contributed by atoms with E-state index in [1.54, 1.807) is 12.1 Å². The number of carbonyl (C=O) groups excluding carboxylic acids is 1. The van der Waals surface area contributed by atoms with Crippen LogP contribution in [0.5, 0.6) is 0 Å². The van der Waals surface area contributed by atoms with E-state index < -0.39 is 5.72 Å². The van der Waals surface area contributed by atoms with E-state index in [1.165, 1.54) is 5.01 Å². The lowest BCUT2D eigenvalue weighted by Gasteiger charge is -2.29. The first kappa shape index (κ1) is 10.7. The Hall–Kier alpha value is -1.81. The molecule has 0 saturated carbocycles. The normalized spacial score (nSPS) is 26.9. The van der Waals surface area contributed by atoms with Crippen LogP contribution in [-0.2, 0) is 10.5 Å². The van der Waals surface area contributed by atoms with Crippen LogP contribution in [0.4, 0.5) is 0 Å². The highest BCUT2D eigenvalue weighted by Crippen LogP contribution is 2.34. The largest absolute Gasteiger partial charge is 0.365 e. The maximum Gasteiger partial charge on any atom is 0.231 e. The van der Waals surface area contributed by atoms with Gasteiger partial charge in [-0.1, -0.05) is 36.4 Å². The Morgan fingerprint density at radius 3 is 2.69 bits per heavy atom. The number of rotatable bonds is 2. The molecular weight excluding hydrogens is 204 g/mol. The van der Waals surface area contributed by atoms with Crippen LogP contribution in [0.1, 0.15) is 18.9 Å². The molecule has 0 bridgehead atoms. The Balaban J connectivity index is 2.40. The number of hydrogen-bond donors (Lipinski definition) is 2. The summed E-state index contributed by atoms with van der Waals surface area (Å²) in [4.78, 5) is 10.9. The van der Waals surface area contributed by atoms with Gasteiger partial charge in [-0.25, -0.2) is 5.01 Å². The Labute approximate surface area is 94.2 Å². The number of carbonyl (C=O) groups is 1. The van der Waals surface area contributed by atoms with Crippen LogP contribution in [0.2, 0.25) is 0 Å². The molecule has 4 nitrogen and oxygen atoms in total. The van der Waals surface area contributed by atoms with Crippen molar-refractivity contribution in [3.8, 4) is 0 Å². The quantitative estimate of drug-likeness (QED) is 0.731. The fourth-order valence-electron chi connectivity index (χ4n) is 1.86. The van der Waals surface area contributed by atoms with E-state index in [-0.39, 0.29) is 0 Å². The first-order chi connectivity index (χ1) is 7.70. The van der Waals surface area contributed by atoms with Gasteiger partial charge in [-0.05, 0) is 6.92 Å². The fourth-order valence-corrected chi connectivity index (χ4v) is 1.86. The molecule has 1 aliphatic rings. The van der Waals surface area contributed by atoms with Gasteiger partial charge in [-0.15, -0.1) is 0 Å². The van der Waals surface area contributed by atoms with Gasteiger partial charge in [0.25, 0.3) is 0 Å². The zero-order valence-electron chi connectivity index (χ0n) is 9.05. The smallest absolute Gasteiger partial charge is 0.231 e. The van der Waals surface area contributed by atoms with Crippen LogP contribution in [0, 0.1) is 0 Å². The van der Waals surface area contributed by atoms with E-state index >= 15 is 0 Å². The number of hydrogen-bond acceptors (Lipinski definition) is 3. The topological polar surface area (TPSA) is 52.6 Å². The van der Waals surface area contributed by atoms with Gasteiger partial charge in [0.05, 0.1) is 0 Å². The average Bonchev–Trinajstić information content (AvgIpc) is 2.68. The van der Waals surface area contributed by atoms with Gasteiger partial charge < -0.3 is 5.11 Å². The van der Waals surface area contributed by atoms with Crippen molar-refractivity contribution in [1.82, 2.24) is 10.4 Å².